The van der Waals surface area contributed by atoms with Crippen LogP contribution in [-0.4, -0.2) is 48.7 Å². The maximum absolute atomic E-state index is 9.52. The molecule has 2 aliphatic heterocycles. The Kier molecular flexibility index (Phi) is 4.82. The molecule has 19 heavy (non-hydrogen) atoms. The second-order valence-electron chi connectivity index (χ2n) is 5.34. The third kappa shape index (κ3) is 3.68. The first-order valence-electron chi connectivity index (χ1n) is 6.75. The highest BCUT2D eigenvalue weighted by molar-refractivity contribution is 5.05. The van der Waals surface area contributed by atoms with Gasteiger partial charge in [0.2, 0.25) is 0 Å². The first kappa shape index (κ1) is 14.8. The molecule has 0 saturated carbocycles. The summed E-state index contributed by atoms with van der Waals surface area (Å²) in [5, 5.41) is 9.52. The Balaban J connectivity index is 1.98. The molecule has 0 bridgehead atoms. The molecule has 2 aliphatic rings. The number of aliphatic hydroxyl groups excluding tert-OH is 1. The molecule has 1 unspecified atom stereocenters. The van der Waals surface area contributed by atoms with Gasteiger partial charge in [0.25, 0.3) is 0 Å². The van der Waals surface area contributed by atoms with E-state index in [1.165, 1.54) is 0 Å². The van der Waals surface area contributed by atoms with Crippen LogP contribution in [0, 0.1) is 12.3 Å². The van der Waals surface area contributed by atoms with Crippen molar-refractivity contribution in [1.82, 2.24) is 0 Å². The summed E-state index contributed by atoms with van der Waals surface area (Å²) in [5.41, 5.74) is 0. The summed E-state index contributed by atoms with van der Waals surface area (Å²) in [5.74, 6) is 1.78. The van der Waals surface area contributed by atoms with Gasteiger partial charge in [0, 0.05) is 6.61 Å². The summed E-state index contributed by atoms with van der Waals surface area (Å²) in [4.78, 5) is 0. The molecule has 2 fully saturated rings. The van der Waals surface area contributed by atoms with Gasteiger partial charge in [-0.25, -0.2) is 0 Å². The summed E-state index contributed by atoms with van der Waals surface area (Å²) in [6.07, 6.45) is 6.56. The second-order valence-corrected chi connectivity index (χ2v) is 5.34. The van der Waals surface area contributed by atoms with E-state index in [9.17, 15) is 5.11 Å². The van der Waals surface area contributed by atoms with E-state index in [4.69, 9.17) is 25.4 Å². The highest BCUT2D eigenvalue weighted by Gasteiger charge is 2.45. The van der Waals surface area contributed by atoms with Crippen LogP contribution in [0.15, 0.2) is 0 Å². The quantitative estimate of drug-likeness (QED) is 0.774. The van der Waals surface area contributed by atoms with Crippen LogP contribution in [0.1, 0.15) is 33.1 Å². The maximum atomic E-state index is 9.52. The number of hydrogen-bond acceptors (Lipinski definition) is 5. The Hall–Kier alpha value is -0.640. The predicted molar refractivity (Wildman–Crippen MR) is 68.2 cm³/mol. The Morgan fingerprint density at radius 3 is 2.79 bits per heavy atom. The minimum atomic E-state index is -0.758. The van der Waals surface area contributed by atoms with Crippen LogP contribution in [0.4, 0.5) is 0 Å². The largest absolute Gasteiger partial charge is 0.394 e. The minimum Gasteiger partial charge on any atom is -0.394 e. The van der Waals surface area contributed by atoms with Crippen molar-refractivity contribution in [2.45, 2.75) is 63.5 Å². The van der Waals surface area contributed by atoms with Crippen LogP contribution in [0.2, 0.25) is 0 Å². The van der Waals surface area contributed by atoms with Gasteiger partial charge in [0.15, 0.2) is 12.1 Å². The van der Waals surface area contributed by atoms with Crippen molar-refractivity contribution in [1.29, 1.82) is 0 Å². The predicted octanol–water partition coefficient (Wildman–Crippen LogP) is 1.04. The summed E-state index contributed by atoms with van der Waals surface area (Å²) in [6.45, 7) is 4.10. The van der Waals surface area contributed by atoms with E-state index in [-0.39, 0.29) is 12.9 Å². The molecule has 5 heteroatoms. The van der Waals surface area contributed by atoms with Gasteiger partial charge in [-0.3, -0.25) is 0 Å². The van der Waals surface area contributed by atoms with E-state index in [1.54, 1.807) is 13.8 Å². The fourth-order valence-corrected chi connectivity index (χ4v) is 2.43. The molecule has 0 radical (unpaired) electrons. The molecule has 2 heterocycles. The number of ether oxygens (including phenoxy) is 4. The van der Waals surface area contributed by atoms with Crippen LogP contribution in [-0.2, 0) is 18.9 Å². The third-order valence-electron chi connectivity index (χ3n) is 3.30. The number of hydrogen-bond donors (Lipinski definition) is 1. The van der Waals surface area contributed by atoms with Crippen molar-refractivity contribution >= 4 is 0 Å². The molecular formula is C14H22O5. The van der Waals surface area contributed by atoms with Gasteiger partial charge in [-0.2, -0.15) is 0 Å². The Morgan fingerprint density at radius 2 is 2.21 bits per heavy atom. The van der Waals surface area contributed by atoms with Crippen molar-refractivity contribution in [3.63, 3.8) is 0 Å². The molecule has 5 nitrogen and oxygen atoms in total. The second kappa shape index (κ2) is 6.21. The molecule has 108 valence electrons. The lowest BCUT2D eigenvalue weighted by molar-refractivity contribution is -0.225. The average Bonchev–Trinajstić information content (AvgIpc) is 2.72. The van der Waals surface area contributed by atoms with Crippen molar-refractivity contribution in [2.24, 2.45) is 0 Å². The average molecular weight is 270 g/mol. The van der Waals surface area contributed by atoms with Gasteiger partial charge < -0.3 is 24.1 Å². The molecule has 0 aromatic carbocycles. The van der Waals surface area contributed by atoms with Crippen LogP contribution in [0.3, 0.4) is 0 Å². The number of aliphatic hydroxyl groups is 1. The minimum absolute atomic E-state index is 0.178. The monoisotopic (exact) mass is 270 g/mol. The topological polar surface area (TPSA) is 57.2 Å². The fourth-order valence-electron chi connectivity index (χ4n) is 2.43. The van der Waals surface area contributed by atoms with E-state index in [0.29, 0.717) is 6.61 Å². The lowest BCUT2D eigenvalue weighted by Crippen LogP contribution is -2.42. The zero-order valence-electron chi connectivity index (χ0n) is 11.5. The lowest BCUT2D eigenvalue weighted by atomic mass is 10.1. The van der Waals surface area contributed by atoms with Gasteiger partial charge in [-0.1, -0.05) is 5.92 Å². The van der Waals surface area contributed by atoms with Gasteiger partial charge in [0.1, 0.15) is 18.3 Å². The molecule has 0 aromatic heterocycles. The zero-order valence-corrected chi connectivity index (χ0v) is 11.5. The summed E-state index contributed by atoms with van der Waals surface area (Å²) in [7, 11) is 0. The van der Waals surface area contributed by atoms with Crippen LogP contribution >= 0.6 is 0 Å². The first-order valence-corrected chi connectivity index (χ1v) is 6.75. The SMILES string of the molecule is C#C[C@H]1OC(C)(C)O[C@@H]1[C@@H](CO)OC1CCCCO1. The highest BCUT2D eigenvalue weighted by atomic mass is 16.8. The normalized spacial score (nSPS) is 35.8. The maximum Gasteiger partial charge on any atom is 0.165 e. The van der Waals surface area contributed by atoms with Crippen LogP contribution < -0.4 is 0 Å². The van der Waals surface area contributed by atoms with Crippen molar-refractivity contribution in [3.8, 4) is 12.3 Å². The van der Waals surface area contributed by atoms with Crippen molar-refractivity contribution in [3.05, 3.63) is 0 Å². The summed E-state index contributed by atoms with van der Waals surface area (Å²) >= 11 is 0. The van der Waals surface area contributed by atoms with E-state index in [0.717, 1.165) is 19.3 Å². The molecule has 0 amide bonds. The molecule has 0 aromatic rings. The zero-order chi connectivity index (χ0) is 13.9. The van der Waals surface area contributed by atoms with Crippen molar-refractivity contribution in [2.75, 3.05) is 13.2 Å². The number of rotatable bonds is 4. The summed E-state index contributed by atoms with van der Waals surface area (Å²) in [6, 6.07) is 0. The van der Waals surface area contributed by atoms with E-state index in [2.05, 4.69) is 5.92 Å². The van der Waals surface area contributed by atoms with Crippen LogP contribution in [0.25, 0.3) is 0 Å². The molecule has 2 rings (SSSR count). The van der Waals surface area contributed by atoms with E-state index in [1.807, 2.05) is 0 Å². The van der Waals surface area contributed by atoms with E-state index >= 15 is 0 Å². The molecule has 0 aliphatic carbocycles. The molecular weight excluding hydrogens is 248 g/mol. The van der Waals surface area contributed by atoms with Gasteiger partial charge in [-0.05, 0) is 33.1 Å². The van der Waals surface area contributed by atoms with Gasteiger partial charge in [-0.15, -0.1) is 6.42 Å². The molecule has 1 N–H and O–H groups in total. The Morgan fingerprint density at radius 1 is 1.42 bits per heavy atom. The van der Waals surface area contributed by atoms with Gasteiger partial charge >= 0.3 is 0 Å². The van der Waals surface area contributed by atoms with Crippen LogP contribution in [0.5, 0.6) is 0 Å². The van der Waals surface area contributed by atoms with Crippen molar-refractivity contribution < 1.29 is 24.1 Å². The Labute approximate surface area is 114 Å². The smallest absolute Gasteiger partial charge is 0.165 e. The lowest BCUT2D eigenvalue weighted by Gasteiger charge is -2.30. The fraction of sp³-hybridized carbons (Fsp3) is 0.857. The number of terminal acetylenes is 1. The Bertz CT molecular complexity index is 329. The first-order chi connectivity index (χ1) is 9.05. The highest BCUT2D eigenvalue weighted by Crippen LogP contribution is 2.31. The van der Waals surface area contributed by atoms with Gasteiger partial charge in [0.05, 0.1) is 6.61 Å². The molecule has 2 saturated heterocycles. The third-order valence-corrected chi connectivity index (χ3v) is 3.30. The molecule has 0 spiro atoms. The summed E-state index contributed by atoms with van der Waals surface area (Å²) < 4.78 is 22.6. The molecule has 4 atom stereocenters. The standard InChI is InChI=1S/C14H22O5/c1-4-10-13(19-14(2,3)18-10)11(9-15)17-12-7-5-6-8-16-12/h1,10-13,15H,5-9H2,2-3H3/t10-,11-,12?,13+/m1/s1. The van der Waals surface area contributed by atoms with E-state index < -0.39 is 24.1 Å².